The molecular formula is C29H36ClF3O. The van der Waals surface area contributed by atoms with E-state index in [0.29, 0.717) is 12.0 Å². The van der Waals surface area contributed by atoms with E-state index in [1.54, 1.807) is 12.1 Å². The highest BCUT2D eigenvalue weighted by atomic mass is 35.5. The van der Waals surface area contributed by atoms with E-state index in [0.717, 1.165) is 42.7 Å². The van der Waals surface area contributed by atoms with Crippen molar-refractivity contribution in [3.05, 3.63) is 64.4 Å². The van der Waals surface area contributed by atoms with Crippen LogP contribution in [-0.4, -0.2) is 0 Å². The van der Waals surface area contributed by atoms with E-state index in [4.69, 9.17) is 16.3 Å². The van der Waals surface area contributed by atoms with Crippen molar-refractivity contribution in [2.45, 2.75) is 89.6 Å². The zero-order chi connectivity index (χ0) is 24.1. The minimum absolute atomic E-state index is 0.0654. The summed E-state index contributed by atoms with van der Waals surface area (Å²) in [6.45, 7) is 2.32. The Morgan fingerprint density at radius 2 is 1.38 bits per heavy atom. The van der Waals surface area contributed by atoms with Gasteiger partial charge in [0.2, 0.25) is 0 Å². The summed E-state index contributed by atoms with van der Waals surface area (Å²) in [6, 6.07) is 9.87. The molecule has 0 N–H and O–H groups in total. The Bertz CT molecular complexity index is 913. The van der Waals surface area contributed by atoms with Crippen molar-refractivity contribution < 1.29 is 17.9 Å². The third kappa shape index (κ3) is 6.50. The number of hydrogen-bond acceptors (Lipinski definition) is 1. The fourth-order valence-electron chi connectivity index (χ4n) is 5.88. The molecule has 0 atom stereocenters. The molecule has 2 saturated carbocycles. The first kappa shape index (κ1) is 25.4. The maximum absolute atomic E-state index is 14.5. The van der Waals surface area contributed by atoms with Gasteiger partial charge in [-0.15, -0.1) is 0 Å². The zero-order valence-corrected chi connectivity index (χ0v) is 20.8. The van der Waals surface area contributed by atoms with Crippen LogP contribution in [0.5, 0.6) is 5.75 Å². The van der Waals surface area contributed by atoms with Crippen molar-refractivity contribution in [3.63, 3.8) is 0 Å². The summed E-state index contributed by atoms with van der Waals surface area (Å²) >= 11 is 5.59. The van der Waals surface area contributed by atoms with Gasteiger partial charge in [-0.1, -0.05) is 75.6 Å². The number of benzene rings is 2. The van der Waals surface area contributed by atoms with Crippen LogP contribution in [0.4, 0.5) is 13.2 Å². The van der Waals surface area contributed by atoms with Gasteiger partial charge in [-0.25, -0.2) is 4.39 Å². The molecule has 0 amide bonds. The Morgan fingerprint density at radius 3 is 1.94 bits per heavy atom. The molecule has 0 bridgehead atoms. The van der Waals surface area contributed by atoms with Gasteiger partial charge in [-0.05, 0) is 85.3 Å². The molecule has 2 aromatic rings. The van der Waals surface area contributed by atoms with E-state index in [-0.39, 0.29) is 10.8 Å². The van der Waals surface area contributed by atoms with Crippen molar-refractivity contribution in [2.75, 3.05) is 0 Å². The van der Waals surface area contributed by atoms with Crippen molar-refractivity contribution in [3.8, 4) is 5.75 Å². The standard InChI is InChI=1S/C29H36ClF3O/c1-2-20-3-5-21(6-4-20)7-8-22-9-11-23(12-10-22)24-13-16-26(17-14-24)34-29(32,33)25-15-18-27(30)28(31)19-25/h13-23H,2-12H2,1H3. The van der Waals surface area contributed by atoms with Gasteiger partial charge < -0.3 is 4.74 Å². The first-order chi connectivity index (χ1) is 16.3. The largest absolute Gasteiger partial charge is 0.429 e. The number of ether oxygens (including phenoxy) is 1. The summed E-state index contributed by atoms with van der Waals surface area (Å²) < 4.78 is 47.4. The molecule has 0 radical (unpaired) electrons. The van der Waals surface area contributed by atoms with Gasteiger partial charge in [0.05, 0.1) is 10.6 Å². The Balaban J connectivity index is 1.24. The van der Waals surface area contributed by atoms with Crippen LogP contribution in [-0.2, 0) is 6.11 Å². The maximum Gasteiger partial charge on any atom is 0.426 e. The fourth-order valence-corrected chi connectivity index (χ4v) is 5.99. The normalized spacial score (nSPS) is 25.8. The Labute approximate surface area is 207 Å². The van der Waals surface area contributed by atoms with Gasteiger partial charge >= 0.3 is 6.11 Å². The Hall–Kier alpha value is -1.68. The van der Waals surface area contributed by atoms with E-state index >= 15 is 0 Å². The predicted molar refractivity (Wildman–Crippen MR) is 132 cm³/mol. The molecule has 2 fully saturated rings. The number of alkyl halides is 2. The van der Waals surface area contributed by atoms with Crippen molar-refractivity contribution in [1.82, 2.24) is 0 Å². The second-order valence-corrected chi connectivity index (χ2v) is 10.8. The Morgan fingerprint density at radius 1 is 0.824 bits per heavy atom. The molecule has 1 nitrogen and oxygen atoms in total. The minimum atomic E-state index is -3.64. The molecular weight excluding hydrogens is 457 g/mol. The summed E-state index contributed by atoms with van der Waals surface area (Å²) in [5.41, 5.74) is 0.625. The molecule has 2 aliphatic rings. The van der Waals surface area contributed by atoms with Crippen molar-refractivity contribution in [1.29, 1.82) is 0 Å². The van der Waals surface area contributed by atoms with Crippen LogP contribution in [0.25, 0.3) is 0 Å². The minimum Gasteiger partial charge on any atom is -0.429 e. The van der Waals surface area contributed by atoms with Gasteiger partial charge in [-0.2, -0.15) is 8.78 Å². The SMILES string of the molecule is CCC1CCC(CCC2CCC(c3ccc(OC(F)(F)c4ccc(Cl)c(F)c4)cc3)CC2)CC1. The smallest absolute Gasteiger partial charge is 0.426 e. The lowest BCUT2D eigenvalue weighted by molar-refractivity contribution is -0.185. The van der Waals surface area contributed by atoms with Crippen LogP contribution in [0.15, 0.2) is 42.5 Å². The maximum atomic E-state index is 14.5. The van der Waals surface area contributed by atoms with Gasteiger partial charge in [-0.3, -0.25) is 0 Å². The molecule has 0 spiro atoms. The lowest BCUT2D eigenvalue weighted by Crippen LogP contribution is -2.22. The number of rotatable bonds is 8. The summed E-state index contributed by atoms with van der Waals surface area (Å²) in [7, 11) is 0. The van der Waals surface area contributed by atoms with E-state index in [9.17, 15) is 13.2 Å². The monoisotopic (exact) mass is 492 g/mol. The summed E-state index contributed by atoms with van der Waals surface area (Å²) in [5.74, 6) is 2.40. The first-order valence-electron chi connectivity index (χ1n) is 13.0. The highest BCUT2D eigenvalue weighted by Crippen LogP contribution is 2.41. The topological polar surface area (TPSA) is 9.23 Å². The van der Waals surface area contributed by atoms with Gasteiger partial charge in [0.25, 0.3) is 0 Å². The first-order valence-corrected chi connectivity index (χ1v) is 13.3. The molecule has 34 heavy (non-hydrogen) atoms. The molecule has 0 saturated heterocycles. The fraction of sp³-hybridized carbons (Fsp3) is 0.586. The van der Waals surface area contributed by atoms with Crippen LogP contribution in [0.2, 0.25) is 5.02 Å². The summed E-state index contributed by atoms with van der Waals surface area (Å²) in [6.07, 6.45) is 11.0. The van der Waals surface area contributed by atoms with E-state index in [1.807, 2.05) is 12.1 Å². The molecule has 5 heteroatoms. The molecule has 2 aromatic carbocycles. The van der Waals surface area contributed by atoms with E-state index in [1.165, 1.54) is 63.4 Å². The van der Waals surface area contributed by atoms with Gasteiger partial charge in [0, 0.05) is 0 Å². The van der Waals surface area contributed by atoms with E-state index in [2.05, 4.69) is 6.92 Å². The molecule has 2 aliphatic carbocycles. The van der Waals surface area contributed by atoms with Crippen molar-refractivity contribution in [2.24, 2.45) is 17.8 Å². The van der Waals surface area contributed by atoms with Crippen LogP contribution in [0, 0.1) is 23.6 Å². The highest BCUT2D eigenvalue weighted by molar-refractivity contribution is 6.30. The van der Waals surface area contributed by atoms with E-state index < -0.39 is 17.5 Å². The lowest BCUT2D eigenvalue weighted by Gasteiger charge is -2.32. The highest BCUT2D eigenvalue weighted by Gasteiger charge is 2.35. The number of hydrogen-bond donors (Lipinski definition) is 0. The van der Waals surface area contributed by atoms with Crippen LogP contribution in [0.1, 0.15) is 94.6 Å². The third-order valence-electron chi connectivity index (χ3n) is 8.23. The molecule has 0 unspecified atom stereocenters. The van der Waals surface area contributed by atoms with Gasteiger partial charge in [0.1, 0.15) is 11.6 Å². The molecule has 0 aliphatic heterocycles. The third-order valence-corrected chi connectivity index (χ3v) is 8.53. The second kappa shape index (κ2) is 11.4. The molecule has 186 valence electrons. The zero-order valence-electron chi connectivity index (χ0n) is 20.0. The number of halogens is 4. The van der Waals surface area contributed by atoms with Crippen molar-refractivity contribution >= 4 is 11.6 Å². The van der Waals surface area contributed by atoms with Gasteiger partial charge in [0.15, 0.2) is 0 Å². The molecule has 0 aromatic heterocycles. The average molecular weight is 493 g/mol. The molecule has 4 rings (SSSR count). The average Bonchev–Trinajstić information content (AvgIpc) is 2.85. The second-order valence-electron chi connectivity index (χ2n) is 10.4. The van der Waals surface area contributed by atoms with Crippen LogP contribution >= 0.6 is 11.6 Å². The quantitative estimate of drug-likeness (QED) is 0.356. The summed E-state index contributed by atoms with van der Waals surface area (Å²) in [5, 5.41) is -0.197. The predicted octanol–water partition coefficient (Wildman–Crippen LogP) is 9.88. The van der Waals surface area contributed by atoms with Crippen LogP contribution in [0.3, 0.4) is 0 Å². The van der Waals surface area contributed by atoms with Crippen LogP contribution < -0.4 is 4.74 Å². The summed E-state index contributed by atoms with van der Waals surface area (Å²) in [4.78, 5) is 0. The Kier molecular flexibility index (Phi) is 8.50. The molecule has 0 heterocycles. The lowest BCUT2D eigenvalue weighted by atomic mass is 9.74.